The van der Waals surface area contributed by atoms with Gasteiger partial charge < -0.3 is 14.6 Å². The molecule has 0 aliphatic rings. The van der Waals surface area contributed by atoms with Gasteiger partial charge in [-0.1, -0.05) is 41.9 Å². The van der Waals surface area contributed by atoms with Crippen LogP contribution in [0.25, 0.3) is 0 Å². The van der Waals surface area contributed by atoms with Gasteiger partial charge in [-0.25, -0.2) is 9.37 Å². The van der Waals surface area contributed by atoms with Crippen LogP contribution in [-0.2, 0) is 11.8 Å². The van der Waals surface area contributed by atoms with E-state index in [0.717, 1.165) is 0 Å². The van der Waals surface area contributed by atoms with Crippen LogP contribution in [0, 0.1) is 5.82 Å². The summed E-state index contributed by atoms with van der Waals surface area (Å²) in [7, 11) is 1.78. The molecule has 5 nitrogen and oxygen atoms in total. The molecule has 1 amide bonds. The molecule has 0 fully saturated rings. The molecule has 0 aliphatic heterocycles. The highest BCUT2D eigenvalue weighted by Gasteiger charge is 2.23. The number of amides is 1. The number of aromatic nitrogens is 2. The largest absolute Gasteiger partial charge is 0.482 e. The lowest BCUT2D eigenvalue weighted by molar-refractivity contribution is -0.123. The summed E-state index contributed by atoms with van der Waals surface area (Å²) in [6.45, 7) is -0.251. The predicted molar refractivity (Wildman–Crippen MR) is 96.5 cm³/mol. The fourth-order valence-corrected chi connectivity index (χ4v) is 2.74. The van der Waals surface area contributed by atoms with Gasteiger partial charge in [0, 0.05) is 25.0 Å². The summed E-state index contributed by atoms with van der Waals surface area (Å²) < 4.78 is 21.5. The van der Waals surface area contributed by atoms with Crippen molar-refractivity contribution in [1.82, 2.24) is 14.9 Å². The van der Waals surface area contributed by atoms with Gasteiger partial charge in [-0.3, -0.25) is 4.79 Å². The summed E-state index contributed by atoms with van der Waals surface area (Å²) in [5.41, 5.74) is 0.327. The molecule has 3 rings (SSSR count). The first-order chi connectivity index (χ1) is 12.6. The number of benzene rings is 2. The third-order valence-corrected chi connectivity index (χ3v) is 4.15. The molecule has 1 N–H and O–H groups in total. The second-order valence-electron chi connectivity index (χ2n) is 5.64. The third-order valence-electron chi connectivity index (χ3n) is 3.83. The molecule has 0 saturated carbocycles. The molecule has 2 aromatic carbocycles. The van der Waals surface area contributed by atoms with E-state index in [4.69, 9.17) is 16.3 Å². The van der Waals surface area contributed by atoms with Crippen molar-refractivity contribution in [2.24, 2.45) is 7.05 Å². The second kappa shape index (κ2) is 8.01. The van der Waals surface area contributed by atoms with Crippen molar-refractivity contribution in [1.29, 1.82) is 0 Å². The molecule has 7 heteroatoms. The van der Waals surface area contributed by atoms with Crippen LogP contribution in [0.1, 0.15) is 17.4 Å². The van der Waals surface area contributed by atoms with Gasteiger partial charge in [0.1, 0.15) is 23.4 Å². The van der Waals surface area contributed by atoms with Crippen molar-refractivity contribution in [3.8, 4) is 5.75 Å². The van der Waals surface area contributed by atoms with Gasteiger partial charge in [-0.05, 0) is 18.2 Å². The normalized spacial score (nSPS) is 11.8. The van der Waals surface area contributed by atoms with E-state index in [9.17, 15) is 9.18 Å². The van der Waals surface area contributed by atoms with Crippen LogP contribution in [0.15, 0.2) is 60.9 Å². The summed E-state index contributed by atoms with van der Waals surface area (Å²) in [4.78, 5) is 16.6. The number of para-hydroxylation sites is 1. The van der Waals surface area contributed by atoms with E-state index in [-0.39, 0.29) is 6.61 Å². The molecule has 0 radical (unpaired) electrons. The Kier molecular flexibility index (Phi) is 5.53. The van der Waals surface area contributed by atoms with Crippen molar-refractivity contribution in [3.05, 3.63) is 83.2 Å². The quantitative estimate of drug-likeness (QED) is 0.719. The van der Waals surface area contributed by atoms with Crippen LogP contribution in [0.4, 0.5) is 4.39 Å². The lowest BCUT2D eigenvalue weighted by Gasteiger charge is -2.20. The number of aryl methyl sites for hydroxylation is 1. The zero-order valence-electron chi connectivity index (χ0n) is 14.0. The highest BCUT2D eigenvalue weighted by atomic mass is 35.5. The summed E-state index contributed by atoms with van der Waals surface area (Å²) in [6.07, 6.45) is 3.32. The number of hydrogen-bond donors (Lipinski definition) is 1. The number of halogens is 2. The van der Waals surface area contributed by atoms with Gasteiger partial charge in [0.25, 0.3) is 5.91 Å². The van der Waals surface area contributed by atoms with Gasteiger partial charge in [0.05, 0.1) is 5.02 Å². The van der Waals surface area contributed by atoms with Crippen molar-refractivity contribution in [2.45, 2.75) is 6.04 Å². The van der Waals surface area contributed by atoms with Gasteiger partial charge in [0.15, 0.2) is 6.61 Å². The Morgan fingerprint density at radius 1 is 1.27 bits per heavy atom. The minimum absolute atomic E-state index is 0.251. The maximum Gasteiger partial charge on any atom is 0.258 e. The van der Waals surface area contributed by atoms with Crippen LogP contribution in [0.5, 0.6) is 5.75 Å². The van der Waals surface area contributed by atoms with Crippen LogP contribution in [-0.4, -0.2) is 22.1 Å². The van der Waals surface area contributed by atoms with E-state index in [1.807, 2.05) is 0 Å². The Bertz CT molecular complexity index is 913. The molecular weight excluding hydrogens is 357 g/mol. The average molecular weight is 374 g/mol. The van der Waals surface area contributed by atoms with Gasteiger partial charge in [0.2, 0.25) is 0 Å². The summed E-state index contributed by atoms with van der Waals surface area (Å²) in [5.74, 6) is 0.0824. The Morgan fingerprint density at radius 2 is 2.00 bits per heavy atom. The van der Waals surface area contributed by atoms with Gasteiger partial charge >= 0.3 is 0 Å². The zero-order chi connectivity index (χ0) is 18.5. The maximum absolute atomic E-state index is 14.3. The Hall–Kier alpha value is -2.86. The maximum atomic E-state index is 14.3. The highest BCUT2D eigenvalue weighted by molar-refractivity contribution is 6.32. The summed E-state index contributed by atoms with van der Waals surface area (Å²) >= 11 is 6.01. The topological polar surface area (TPSA) is 56.2 Å². The van der Waals surface area contributed by atoms with Gasteiger partial charge in [-0.2, -0.15) is 0 Å². The zero-order valence-corrected chi connectivity index (χ0v) is 14.8. The molecule has 134 valence electrons. The second-order valence-corrected chi connectivity index (χ2v) is 6.04. The Morgan fingerprint density at radius 3 is 2.69 bits per heavy atom. The number of rotatable bonds is 6. The molecule has 1 heterocycles. The molecular formula is C19H17ClFN3O2. The molecule has 1 aromatic heterocycles. The Balaban J connectivity index is 1.78. The molecule has 0 spiro atoms. The van der Waals surface area contributed by atoms with E-state index in [0.29, 0.717) is 22.2 Å². The van der Waals surface area contributed by atoms with Crippen molar-refractivity contribution in [2.75, 3.05) is 6.61 Å². The molecule has 3 aromatic rings. The first kappa shape index (κ1) is 17.9. The number of imidazole rings is 1. The summed E-state index contributed by atoms with van der Waals surface area (Å²) in [5, 5.41) is 3.19. The first-order valence-corrected chi connectivity index (χ1v) is 8.32. The van der Waals surface area contributed by atoms with Crippen LogP contribution in [0.3, 0.4) is 0 Å². The van der Waals surface area contributed by atoms with E-state index in [1.165, 1.54) is 6.07 Å². The number of ether oxygens (including phenoxy) is 1. The standard InChI is InChI=1S/C19H17ClFN3O2/c1-24-11-10-22-19(24)18(13-6-2-4-8-15(13)21)23-17(25)12-26-16-9-5-3-7-14(16)20/h2-11,18H,12H2,1H3,(H,23,25)/t18-/m1/s1. The third kappa shape index (κ3) is 4.03. The fourth-order valence-electron chi connectivity index (χ4n) is 2.55. The van der Waals surface area contributed by atoms with Crippen LogP contribution in [0.2, 0.25) is 5.02 Å². The number of nitrogens with zero attached hydrogens (tertiary/aromatic N) is 2. The molecule has 0 aliphatic carbocycles. The minimum atomic E-state index is -0.737. The van der Waals surface area contributed by atoms with E-state index in [1.54, 1.807) is 66.5 Å². The number of carbonyl (C=O) groups is 1. The molecule has 0 saturated heterocycles. The SMILES string of the molecule is Cn1ccnc1[C@H](NC(=O)COc1ccccc1Cl)c1ccccc1F. The van der Waals surface area contributed by atoms with Crippen molar-refractivity contribution < 1.29 is 13.9 Å². The number of nitrogens with one attached hydrogen (secondary N) is 1. The number of hydrogen-bond acceptors (Lipinski definition) is 3. The molecule has 0 unspecified atom stereocenters. The molecule has 0 bridgehead atoms. The minimum Gasteiger partial charge on any atom is -0.482 e. The Labute approximate surface area is 155 Å². The fraction of sp³-hybridized carbons (Fsp3) is 0.158. The van der Waals surface area contributed by atoms with Crippen LogP contribution < -0.4 is 10.1 Å². The smallest absolute Gasteiger partial charge is 0.258 e. The van der Waals surface area contributed by atoms with Crippen LogP contribution >= 0.6 is 11.6 Å². The molecule has 1 atom stereocenters. The van der Waals surface area contributed by atoms with Crippen molar-refractivity contribution >= 4 is 17.5 Å². The molecule has 26 heavy (non-hydrogen) atoms. The summed E-state index contributed by atoms with van der Waals surface area (Å²) in [6, 6.07) is 12.4. The van der Waals surface area contributed by atoms with E-state index in [2.05, 4.69) is 10.3 Å². The average Bonchev–Trinajstić information content (AvgIpc) is 3.05. The predicted octanol–water partition coefficient (Wildman–Crippen LogP) is 3.50. The van der Waals surface area contributed by atoms with E-state index < -0.39 is 17.8 Å². The lowest BCUT2D eigenvalue weighted by Crippen LogP contribution is -2.35. The van der Waals surface area contributed by atoms with Gasteiger partial charge in [-0.15, -0.1) is 0 Å². The highest BCUT2D eigenvalue weighted by Crippen LogP contribution is 2.24. The van der Waals surface area contributed by atoms with E-state index >= 15 is 0 Å². The first-order valence-electron chi connectivity index (χ1n) is 7.94. The van der Waals surface area contributed by atoms with Crippen molar-refractivity contribution in [3.63, 3.8) is 0 Å². The lowest BCUT2D eigenvalue weighted by atomic mass is 10.1. The monoisotopic (exact) mass is 373 g/mol. The number of carbonyl (C=O) groups excluding carboxylic acids is 1.